The van der Waals surface area contributed by atoms with E-state index in [9.17, 15) is 4.79 Å². The Morgan fingerprint density at radius 2 is 2.19 bits per heavy atom. The zero-order valence-electron chi connectivity index (χ0n) is 16.4. The van der Waals surface area contributed by atoms with E-state index >= 15 is 0 Å². The molecule has 1 fully saturated rings. The summed E-state index contributed by atoms with van der Waals surface area (Å²) in [7, 11) is 3.95. The van der Waals surface area contributed by atoms with Gasteiger partial charge in [-0.3, -0.25) is 14.4 Å². The molecule has 3 heterocycles. The first-order valence-corrected chi connectivity index (χ1v) is 9.57. The Morgan fingerprint density at radius 3 is 2.93 bits per heavy atom. The second-order valence-electron chi connectivity index (χ2n) is 7.21. The average Bonchev–Trinajstić information content (AvgIpc) is 2.86. The summed E-state index contributed by atoms with van der Waals surface area (Å²) < 4.78 is 1.73. The van der Waals surface area contributed by atoms with Crippen LogP contribution in [0.4, 0.5) is 5.82 Å². The monoisotopic (exact) mass is 371 g/mol. The molecule has 1 aliphatic heterocycles. The number of nitrogen functional groups attached to an aromatic ring is 1. The third-order valence-corrected chi connectivity index (χ3v) is 5.20. The van der Waals surface area contributed by atoms with Crippen molar-refractivity contribution in [3.05, 3.63) is 35.5 Å². The first-order chi connectivity index (χ1) is 13.0. The maximum atomic E-state index is 13.0. The summed E-state index contributed by atoms with van der Waals surface area (Å²) in [6, 6.07) is 2.09. The largest absolute Gasteiger partial charge is 0.384 e. The van der Waals surface area contributed by atoms with Crippen LogP contribution >= 0.6 is 0 Å². The molecular weight excluding hydrogens is 342 g/mol. The van der Waals surface area contributed by atoms with Gasteiger partial charge in [-0.2, -0.15) is 5.10 Å². The molecule has 0 spiro atoms. The van der Waals surface area contributed by atoms with E-state index in [1.807, 2.05) is 25.1 Å². The zero-order valence-corrected chi connectivity index (χ0v) is 16.4. The Hall–Kier alpha value is -2.48. The summed E-state index contributed by atoms with van der Waals surface area (Å²) >= 11 is 0. The lowest BCUT2D eigenvalue weighted by atomic mass is 10.1. The second kappa shape index (κ2) is 8.47. The van der Waals surface area contributed by atoms with Gasteiger partial charge in [0.15, 0.2) is 0 Å². The van der Waals surface area contributed by atoms with Crippen molar-refractivity contribution in [2.24, 2.45) is 7.05 Å². The number of aryl methyl sites for hydroxylation is 2. The molecule has 1 unspecified atom stereocenters. The number of nitrogens with two attached hydrogens (primary N) is 1. The molecular formula is C19H29N7O. The highest BCUT2D eigenvalue weighted by molar-refractivity contribution is 5.95. The molecule has 2 N–H and O–H groups in total. The predicted molar refractivity (Wildman–Crippen MR) is 104 cm³/mol. The summed E-state index contributed by atoms with van der Waals surface area (Å²) in [6.07, 6.45) is 7.27. The van der Waals surface area contributed by atoms with E-state index in [1.165, 1.54) is 0 Å². The topological polar surface area (TPSA) is 93.2 Å². The van der Waals surface area contributed by atoms with E-state index in [4.69, 9.17) is 5.73 Å². The summed E-state index contributed by atoms with van der Waals surface area (Å²) in [6.45, 7) is 4.23. The Balaban J connectivity index is 1.62. The Labute approximate surface area is 160 Å². The van der Waals surface area contributed by atoms with Crippen molar-refractivity contribution in [2.45, 2.75) is 45.2 Å². The van der Waals surface area contributed by atoms with Crippen molar-refractivity contribution in [1.29, 1.82) is 0 Å². The van der Waals surface area contributed by atoms with Crippen LogP contribution in [0.25, 0.3) is 0 Å². The van der Waals surface area contributed by atoms with Crippen LogP contribution in [-0.2, 0) is 20.0 Å². The number of rotatable bonds is 5. The molecule has 2 aromatic heterocycles. The van der Waals surface area contributed by atoms with Crippen molar-refractivity contribution in [2.75, 3.05) is 25.9 Å². The lowest BCUT2D eigenvalue weighted by Gasteiger charge is -2.26. The predicted octanol–water partition coefficient (Wildman–Crippen LogP) is 1.48. The lowest BCUT2D eigenvalue weighted by molar-refractivity contribution is 0.0756. The first kappa shape index (κ1) is 19.3. The fraction of sp³-hybridized carbons (Fsp3) is 0.579. The van der Waals surface area contributed by atoms with Crippen molar-refractivity contribution >= 4 is 11.7 Å². The molecule has 8 nitrogen and oxygen atoms in total. The summed E-state index contributed by atoms with van der Waals surface area (Å²) in [4.78, 5) is 25.8. The highest BCUT2D eigenvalue weighted by atomic mass is 16.2. The minimum absolute atomic E-state index is 0.0995. The third-order valence-electron chi connectivity index (χ3n) is 5.20. The molecule has 2 aromatic rings. The molecule has 146 valence electrons. The first-order valence-electron chi connectivity index (χ1n) is 9.57. The van der Waals surface area contributed by atoms with Crippen LogP contribution in [0, 0.1) is 0 Å². The quantitative estimate of drug-likeness (QED) is 0.856. The minimum atomic E-state index is 0.0995. The highest BCUT2D eigenvalue weighted by Gasteiger charge is 2.26. The van der Waals surface area contributed by atoms with Crippen LogP contribution in [-0.4, -0.2) is 61.6 Å². The molecule has 1 aliphatic rings. The van der Waals surface area contributed by atoms with Gasteiger partial charge in [-0.15, -0.1) is 0 Å². The van der Waals surface area contributed by atoms with Crippen LogP contribution < -0.4 is 5.73 Å². The number of hydrogen-bond acceptors (Lipinski definition) is 6. The molecule has 3 rings (SSSR count). The van der Waals surface area contributed by atoms with Gasteiger partial charge in [0.2, 0.25) is 0 Å². The number of carbonyl (C=O) groups excluding carboxylic acids is 1. The molecule has 27 heavy (non-hydrogen) atoms. The average molecular weight is 371 g/mol. The van der Waals surface area contributed by atoms with Crippen LogP contribution in [0.1, 0.15) is 48.1 Å². The molecule has 1 saturated heterocycles. The van der Waals surface area contributed by atoms with E-state index in [2.05, 4.69) is 27.0 Å². The molecule has 0 aliphatic carbocycles. The Bertz CT molecular complexity index is 788. The van der Waals surface area contributed by atoms with Gasteiger partial charge in [-0.1, -0.05) is 6.92 Å². The maximum absolute atomic E-state index is 13.0. The van der Waals surface area contributed by atoms with Crippen LogP contribution in [0.3, 0.4) is 0 Å². The van der Waals surface area contributed by atoms with Crippen molar-refractivity contribution in [3.8, 4) is 0 Å². The standard InChI is InChI=1S/C19H29N7O/c1-4-16-15(12-25(3)23-16)19(27)26-10-5-6-14(8-11-26)24(2)13-18-21-9-7-17(20)22-18/h7,9,12,14H,4-6,8,10-11,13H2,1-3H3,(H2,20,21,22). The van der Waals surface area contributed by atoms with E-state index in [0.29, 0.717) is 18.4 Å². The third kappa shape index (κ3) is 4.63. The van der Waals surface area contributed by atoms with Gasteiger partial charge >= 0.3 is 0 Å². The summed E-state index contributed by atoms with van der Waals surface area (Å²) in [5.41, 5.74) is 7.36. The van der Waals surface area contributed by atoms with Crippen LogP contribution in [0.2, 0.25) is 0 Å². The number of aromatic nitrogens is 4. The van der Waals surface area contributed by atoms with E-state index < -0.39 is 0 Å². The summed E-state index contributed by atoms with van der Waals surface area (Å²) in [5.74, 6) is 1.33. The van der Waals surface area contributed by atoms with E-state index in [-0.39, 0.29) is 5.91 Å². The van der Waals surface area contributed by atoms with E-state index in [0.717, 1.165) is 55.9 Å². The number of amides is 1. The number of likely N-dealkylation sites (tertiary alicyclic amines) is 1. The number of hydrogen-bond donors (Lipinski definition) is 1. The fourth-order valence-corrected chi connectivity index (χ4v) is 3.71. The molecule has 0 radical (unpaired) electrons. The Kier molecular flexibility index (Phi) is 6.05. The van der Waals surface area contributed by atoms with Gasteiger partial charge in [-0.05, 0) is 38.8 Å². The van der Waals surface area contributed by atoms with Gasteiger partial charge < -0.3 is 10.6 Å². The molecule has 0 aromatic carbocycles. The highest BCUT2D eigenvalue weighted by Crippen LogP contribution is 2.20. The van der Waals surface area contributed by atoms with Crippen molar-refractivity contribution < 1.29 is 4.79 Å². The Morgan fingerprint density at radius 1 is 1.37 bits per heavy atom. The van der Waals surface area contributed by atoms with Gasteiger partial charge in [-0.25, -0.2) is 9.97 Å². The van der Waals surface area contributed by atoms with Gasteiger partial charge in [0.05, 0.1) is 17.8 Å². The van der Waals surface area contributed by atoms with Gasteiger partial charge in [0, 0.05) is 38.6 Å². The number of carbonyl (C=O) groups is 1. The molecule has 1 amide bonds. The molecule has 8 heteroatoms. The maximum Gasteiger partial charge on any atom is 0.257 e. The summed E-state index contributed by atoms with van der Waals surface area (Å²) in [5, 5.41) is 4.40. The lowest BCUT2D eigenvalue weighted by Crippen LogP contribution is -2.35. The zero-order chi connectivity index (χ0) is 19.4. The minimum Gasteiger partial charge on any atom is -0.384 e. The van der Waals surface area contributed by atoms with Crippen molar-refractivity contribution in [1.82, 2.24) is 29.5 Å². The van der Waals surface area contributed by atoms with Crippen LogP contribution in [0.5, 0.6) is 0 Å². The van der Waals surface area contributed by atoms with Crippen molar-refractivity contribution in [3.63, 3.8) is 0 Å². The van der Waals surface area contributed by atoms with Gasteiger partial charge in [0.25, 0.3) is 5.91 Å². The SMILES string of the molecule is CCc1nn(C)cc1C(=O)N1CCCC(N(C)Cc2nccc(N)n2)CC1. The van der Waals surface area contributed by atoms with Gasteiger partial charge in [0.1, 0.15) is 11.6 Å². The number of anilines is 1. The molecule has 0 bridgehead atoms. The number of nitrogens with zero attached hydrogens (tertiary/aromatic N) is 6. The molecule has 0 saturated carbocycles. The second-order valence-corrected chi connectivity index (χ2v) is 7.21. The fourth-order valence-electron chi connectivity index (χ4n) is 3.71. The normalized spacial score (nSPS) is 17.9. The van der Waals surface area contributed by atoms with E-state index in [1.54, 1.807) is 16.9 Å². The molecule has 1 atom stereocenters. The van der Waals surface area contributed by atoms with Crippen LogP contribution in [0.15, 0.2) is 18.5 Å². The smallest absolute Gasteiger partial charge is 0.257 e.